The van der Waals surface area contributed by atoms with Gasteiger partial charge in [-0.05, 0) is 22.0 Å². The molecule has 3 nitrogen and oxygen atoms in total. The van der Waals surface area contributed by atoms with Gasteiger partial charge in [0.25, 0.3) is 12.0 Å². The molecule has 0 fully saturated rings. The molecule has 1 aromatic heterocycles. The molecular weight excluding hydrogens is 248 g/mol. The molecule has 0 unspecified atom stereocenters. The number of alkyl halides is 2. The van der Waals surface area contributed by atoms with Gasteiger partial charge in [0, 0.05) is 4.47 Å². The fourth-order valence-corrected chi connectivity index (χ4v) is 1.22. The van der Waals surface area contributed by atoms with E-state index in [0.717, 1.165) is 6.07 Å². The van der Waals surface area contributed by atoms with E-state index < -0.39 is 17.5 Å². The molecule has 13 heavy (non-hydrogen) atoms. The highest BCUT2D eigenvalue weighted by Crippen LogP contribution is 2.19. The summed E-state index contributed by atoms with van der Waals surface area (Å²) >= 11 is 2.88. The minimum absolute atomic E-state index is 0.0469. The van der Waals surface area contributed by atoms with Crippen molar-refractivity contribution in [3.63, 3.8) is 0 Å². The fraction of sp³-hybridized carbons (Fsp3) is 0.143. The third-order valence-corrected chi connectivity index (χ3v) is 2.06. The zero-order valence-electron chi connectivity index (χ0n) is 6.18. The van der Waals surface area contributed by atoms with E-state index in [1.165, 1.54) is 0 Å². The number of H-pyrrole nitrogens is 1. The summed E-state index contributed by atoms with van der Waals surface area (Å²) in [6.45, 7) is 0. The van der Waals surface area contributed by atoms with Crippen LogP contribution in [-0.4, -0.2) is 11.3 Å². The topological polar surface area (TPSA) is 49.9 Å². The normalized spacial score (nSPS) is 10.5. The monoisotopic (exact) mass is 251 g/mol. The second kappa shape index (κ2) is 3.78. The number of hydrogen-bond donors (Lipinski definition) is 1. The van der Waals surface area contributed by atoms with Crippen molar-refractivity contribution in [2.24, 2.45) is 0 Å². The largest absolute Gasteiger partial charge is 0.318 e. The lowest BCUT2D eigenvalue weighted by Crippen LogP contribution is -2.15. The van der Waals surface area contributed by atoms with Gasteiger partial charge < -0.3 is 4.98 Å². The zero-order chi connectivity index (χ0) is 10.0. The molecule has 1 rings (SSSR count). The highest BCUT2D eigenvalue weighted by atomic mass is 79.9. The fourth-order valence-electron chi connectivity index (χ4n) is 0.782. The summed E-state index contributed by atoms with van der Waals surface area (Å²) in [6, 6.07) is 0.938. The second-order valence-corrected chi connectivity index (χ2v) is 3.09. The molecule has 0 spiro atoms. The molecule has 0 bridgehead atoms. The first kappa shape index (κ1) is 10.0. The lowest BCUT2D eigenvalue weighted by atomic mass is 10.2. The minimum atomic E-state index is -2.85. The second-order valence-electron chi connectivity index (χ2n) is 2.23. The maximum Gasteiger partial charge on any atom is 0.269 e. The van der Waals surface area contributed by atoms with Crippen LogP contribution in [0.2, 0.25) is 0 Å². The first-order chi connectivity index (χ1) is 6.06. The third kappa shape index (κ3) is 2.00. The molecule has 0 saturated heterocycles. The summed E-state index contributed by atoms with van der Waals surface area (Å²) in [5, 5.41) is 0. The van der Waals surface area contributed by atoms with Gasteiger partial charge in [0.05, 0.1) is 11.3 Å². The summed E-state index contributed by atoms with van der Waals surface area (Å²) in [7, 11) is 0. The number of rotatable bonds is 2. The first-order valence-electron chi connectivity index (χ1n) is 3.22. The summed E-state index contributed by atoms with van der Waals surface area (Å²) in [5.41, 5.74) is -1.65. The molecule has 1 aromatic rings. The molecular formula is C7H4BrF2NO2. The van der Waals surface area contributed by atoms with Crippen molar-refractivity contribution in [2.75, 3.05) is 0 Å². The Bertz CT molecular complexity index is 389. The zero-order valence-corrected chi connectivity index (χ0v) is 7.77. The molecule has 1 N–H and O–H groups in total. The van der Waals surface area contributed by atoms with Gasteiger partial charge in [-0.25, -0.2) is 8.78 Å². The quantitative estimate of drug-likeness (QED) is 0.817. The molecule has 0 atom stereocenters. The molecule has 1 heterocycles. The lowest BCUT2D eigenvalue weighted by molar-refractivity contribution is 0.111. The highest BCUT2D eigenvalue weighted by molar-refractivity contribution is 9.10. The molecule has 0 aliphatic carbocycles. The van der Waals surface area contributed by atoms with E-state index in [4.69, 9.17) is 0 Å². The van der Waals surface area contributed by atoms with E-state index in [1.807, 2.05) is 4.98 Å². The van der Waals surface area contributed by atoms with E-state index in [2.05, 4.69) is 15.9 Å². The predicted octanol–water partition coefficient (Wildman–Crippen LogP) is 1.89. The molecule has 6 heteroatoms. The average Bonchev–Trinajstić information content (AvgIpc) is 2.07. The molecule has 0 radical (unpaired) electrons. The molecule has 0 aromatic carbocycles. The van der Waals surface area contributed by atoms with Crippen molar-refractivity contribution in [3.8, 4) is 0 Å². The molecule has 0 aliphatic rings. The van der Waals surface area contributed by atoms with Crippen LogP contribution in [0.15, 0.2) is 15.3 Å². The van der Waals surface area contributed by atoms with Gasteiger partial charge in [0.15, 0.2) is 6.29 Å². The molecule has 70 valence electrons. The van der Waals surface area contributed by atoms with Gasteiger partial charge in [-0.2, -0.15) is 0 Å². The number of aromatic nitrogens is 1. The Hall–Kier alpha value is -1.04. The van der Waals surface area contributed by atoms with Gasteiger partial charge in [-0.1, -0.05) is 0 Å². The Kier molecular flexibility index (Phi) is 2.92. The molecule has 0 aliphatic heterocycles. The summed E-state index contributed by atoms with van der Waals surface area (Å²) in [5.74, 6) is 0. The SMILES string of the molecule is O=Cc1[nH]c(=O)c(C(F)F)cc1Br. The van der Waals surface area contributed by atoms with Gasteiger partial charge >= 0.3 is 0 Å². The highest BCUT2D eigenvalue weighted by Gasteiger charge is 2.14. The van der Waals surface area contributed by atoms with E-state index >= 15 is 0 Å². The molecule has 0 amide bonds. The van der Waals surface area contributed by atoms with Crippen molar-refractivity contribution in [3.05, 3.63) is 32.2 Å². The molecule has 0 saturated carbocycles. The standard InChI is InChI=1S/C7H4BrF2NO2/c8-4-1-3(6(9)10)7(13)11-5(4)2-12/h1-2,6H,(H,11,13). The average molecular weight is 252 g/mol. The van der Waals surface area contributed by atoms with Gasteiger partial charge in [0.2, 0.25) is 0 Å². The van der Waals surface area contributed by atoms with E-state index in [9.17, 15) is 18.4 Å². The summed E-state index contributed by atoms with van der Waals surface area (Å²) in [4.78, 5) is 23.2. The smallest absolute Gasteiger partial charge is 0.269 e. The van der Waals surface area contributed by atoms with Gasteiger partial charge in [-0.3, -0.25) is 9.59 Å². The number of nitrogens with one attached hydrogen (secondary N) is 1. The number of hydrogen-bond acceptors (Lipinski definition) is 2. The number of carbonyl (C=O) groups excluding carboxylic acids is 1. The first-order valence-corrected chi connectivity index (χ1v) is 4.01. The lowest BCUT2D eigenvalue weighted by Gasteiger charge is -2.00. The van der Waals surface area contributed by atoms with Gasteiger partial charge in [0.1, 0.15) is 0 Å². The number of aldehydes is 1. The van der Waals surface area contributed by atoms with E-state index in [0.29, 0.717) is 6.29 Å². The number of carbonyl (C=O) groups is 1. The third-order valence-electron chi connectivity index (χ3n) is 1.40. The van der Waals surface area contributed by atoms with Crippen LogP contribution in [0.3, 0.4) is 0 Å². The summed E-state index contributed by atoms with van der Waals surface area (Å²) < 4.78 is 24.4. The van der Waals surface area contributed by atoms with E-state index in [1.54, 1.807) is 0 Å². The van der Waals surface area contributed by atoms with Crippen LogP contribution in [0.25, 0.3) is 0 Å². The maximum atomic E-state index is 12.1. The van der Waals surface area contributed by atoms with Crippen molar-refractivity contribution < 1.29 is 13.6 Å². The Balaban J connectivity index is 3.37. The minimum Gasteiger partial charge on any atom is -0.318 e. The van der Waals surface area contributed by atoms with Crippen LogP contribution in [0.5, 0.6) is 0 Å². The van der Waals surface area contributed by atoms with Crippen molar-refractivity contribution in [1.29, 1.82) is 0 Å². The van der Waals surface area contributed by atoms with Crippen LogP contribution in [0.1, 0.15) is 22.5 Å². The van der Waals surface area contributed by atoms with Gasteiger partial charge in [-0.15, -0.1) is 0 Å². The number of halogens is 3. The van der Waals surface area contributed by atoms with Crippen LogP contribution >= 0.6 is 15.9 Å². The van der Waals surface area contributed by atoms with Crippen molar-refractivity contribution in [2.45, 2.75) is 6.43 Å². The van der Waals surface area contributed by atoms with Crippen LogP contribution in [0.4, 0.5) is 8.78 Å². The van der Waals surface area contributed by atoms with E-state index in [-0.39, 0.29) is 10.2 Å². The number of aromatic amines is 1. The maximum absolute atomic E-state index is 12.1. The van der Waals surface area contributed by atoms with Crippen LogP contribution < -0.4 is 5.56 Å². The van der Waals surface area contributed by atoms with Crippen molar-refractivity contribution >= 4 is 22.2 Å². The van der Waals surface area contributed by atoms with Crippen LogP contribution in [-0.2, 0) is 0 Å². The summed E-state index contributed by atoms with van der Waals surface area (Å²) in [6.07, 6.45) is -2.47. The van der Waals surface area contributed by atoms with Crippen molar-refractivity contribution in [1.82, 2.24) is 4.98 Å². The predicted molar refractivity (Wildman–Crippen MR) is 45.1 cm³/mol. The Morgan fingerprint density at radius 3 is 2.62 bits per heavy atom. The Labute approximate surface area is 79.9 Å². The Morgan fingerprint density at radius 1 is 1.54 bits per heavy atom. The number of pyridine rings is 1. The van der Waals surface area contributed by atoms with Crippen LogP contribution in [0, 0.1) is 0 Å². The Morgan fingerprint density at radius 2 is 2.15 bits per heavy atom.